The van der Waals surface area contributed by atoms with Crippen LogP contribution in [0.15, 0.2) is 24.3 Å². The van der Waals surface area contributed by atoms with Crippen LogP contribution in [0.25, 0.3) is 0 Å². The maximum atomic E-state index is 11.9. The standard InChI is InChI=1S/C17H23NO3/c1-2-3-4-13-5-7-14(8-6-13)11-15(19)18-12-17(9-10-17)16(20)21/h5-8H,2-4,9-12H2,1H3,(H,18,19)(H,20,21). The lowest BCUT2D eigenvalue weighted by molar-refractivity contribution is -0.143. The largest absolute Gasteiger partial charge is 0.481 e. The van der Waals surface area contributed by atoms with Gasteiger partial charge in [-0.25, -0.2) is 0 Å². The molecular formula is C17H23NO3. The second-order valence-corrected chi connectivity index (χ2v) is 5.96. The summed E-state index contributed by atoms with van der Waals surface area (Å²) in [4.78, 5) is 22.9. The molecule has 21 heavy (non-hydrogen) atoms. The van der Waals surface area contributed by atoms with E-state index in [1.165, 1.54) is 18.4 Å². The molecule has 1 aliphatic rings. The predicted octanol–water partition coefficient (Wildman–Crippen LogP) is 2.55. The van der Waals surface area contributed by atoms with Crippen LogP contribution in [0.1, 0.15) is 43.7 Å². The minimum atomic E-state index is -0.803. The maximum Gasteiger partial charge on any atom is 0.311 e. The molecule has 0 spiro atoms. The van der Waals surface area contributed by atoms with E-state index in [2.05, 4.69) is 24.4 Å². The Kier molecular flexibility index (Phi) is 4.99. The summed E-state index contributed by atoms with van der Waals surface area (Å²) in [5, 5.41) is 11.8. The molecule has 0 unspecified atom stereocenters. The third-order valence-electron chi connectivity index (χ3n) is 4.14. The van der Waals surface area contributed by atoms with Crippen molar-refractivity contribution in [2.75, 3.05) is 6.54 Å². The fourth-order valence-corrected chi connectivity index (χ4v) is 2.34. The van der Waals surface area contributed by atoms with Crippen molar-refractivity contribution in [3.05, 3.63) is 35.4 Å². The Bertz CT molecular complexity index is 503. The minimum absolute atomic E-state index is 0.108. The fourth-order valence-electron chi connectivity index (χ4n) is 2.34. The second-order valence-electron chi connectivity index (χ2n) is 5.96. The Balaban J connectivity index is 1.78. The zero-order valence-corrected chi connectivity index (χ0v) is 12.5. The van der Waals surface area contributed by atoms with E-state index in [9.17, 15) is 9.59 Å². The van der Waals surface area contributed by atoms with Crippen LogP contribution in [0, 0.1) is 5.41 Å². The average Bonchev–Trinajstić information content (AvgIpc) is 3.26. The van der Waals surface area contributed by atoms with Crippen molar-refractivity contribution >= 4 is 11.9 Å². The van der Waals surface area contributed by atoms with Crippen molar-refractivity contribution in [1.82, 2.24) is 5.32 Å². The van der Waals surface area contributed by atoms with Gasteiger partial charge in [0.25, 0.3) is 0 Å². The van der Waals surface area contributed by atoms with E-state index in [0.29, 0.717) is 19.3 Å². The molecule has 0 saturated heterocycles. The number of carbonyl (C=O) groups is 2. The van der Waals surface area contributed by atoms with Gasteiger partial charge < -0.3 is 10.4 Å². The third kappa shape index (κ3) is 4.31. The highest BCUT2D eigenvalue weighted by Gasteiger charge is 2.50. The quantitative estimate of drug-likeness (QED) is 0.773. The first-order valence-corrected chi connectivity index (χ1v) is 7.64. The number of carboxylic acid groups (broad SMARTS) is 1. The van der Waals surface area contributed by atoms with Crippen LogP contribution < -0.4 is 5.32 Å². The van der Waals surface area contributed by atoms with Gasteiger partial charge in [-0.05, 0) is 36.8 Å². The molecular weight excluding hydrogens is 266 g/mol. The number of carbonyl (C=O) groups excluding carboxylic acids is 1. The second kappa shape index (κ2) is 6.74. The zero-order chi connectivity index (χ0) is 15.3. The summed E-state index contributed by atoms with van der Waals surface area (Å²) in [5.74, 6) is -0.910. The number of hydrogen-bond donors (Lipinski definition) is 2. The van der Waals surface area contributed by atoms with Gasteiger partial charge in [-0.2, -0.15) is 0 Å². The van der Waals surface area contributed by atoms with Crippen molar-refractivity contribution in [2.45, 2.75) is 45.4 Å². The SMILES string of the molecule is CCCCc1ccc(CC(=O)NCC2(C(=O)O)CC2)cc1. The number of benzene rings is 1. The summed E-state index contributed by atoms with van der Waals surface area (Å²) < 4.78 is 0. The lowest BCUT2D eigenvalue weighted by atomic mass is 10.0. The maximum absolute atomic E-state index is 11.9. The number of hydrogen-bond acceptors (Lipinski definition) is 2. The zero-order valence-electron chi connectivity index (χ0n) is 12.5. The van der Waals surface area contributed by atoms with Crippen LogP contribution in [-0.2, 0) is 22.4 Å². The molecule has 1 amide bonds. The van der Waals surface area contributed by atoms with E-state index >= 15 is 0 Å². The number of unbranched alkanes of at least 4 members (excludes halogenated alkanes) is 1. The van der Waals surface area contributed by atoms with Crippen molar-refractivity contribution in [2.24, 2.45) is 5.41 Å². The van der Waals surface area contributed by atoms with Gasteiger partial charge in [0, 0.05) is 6.54 Å². The molecule has 0 heterocycles. The average molecular weight is 289 g/mol. The van der Waals surface area contributed by atoms with Gasteiger partial charge in [0.2, 0.25) is 5.91 Å². The van der Waals surface area contributed by atoms with E-state index < -0.39 is 11.4 Å². The van der Waals surface area contributed by atoms with E-state index in [-0.39, 0.29) is 12.5 Å². The molecule has 114 valence electrons. The van der Waals surface area contributed by atoms with E-state index in [0.717, 1.165) is 12.0 Å². The Morgan fingerprint density at radius 2 is 1.81 bits per heavy atom. The Labute approximate surface area is 125 Å². The highest BCUT2D eigenvalue weighted by molar-refractivity contribution is 5.82. The number of amides is 1. The van der Waals surface area contributed by atoms with Crippen molar-refractivity contribution in [1.29, 1.82) is 0 Å². The summed E-state index contributed by atoms with van der Waals surface area (Å²) in [6, 6.07) is 8.10. The van der Waals surface area contributed by atoms with Crippen LogP contribution in [0.2, 0.25) is 0 Å². The molecule has 1 aliphatic carbocycles. The monoisotopic (exact) mass is 289 g/mol. The molecule has 1 fully saturated rings. The third-order valence-corrected chi connectivity index (χ3v) is 4.14. The summed E-state index contributed by atoms with van der Waals surface area (Å²) in [5.41, 5.74) is 1.57. The van der Waals surface area contributed by atoms with E-state index in [1.54, 1.807) is 0 Å². The van der Waals surface area contributed by atoms with Gasteiger partial charge in [-0.1, -0.05) is 37.6 Å². The lowest BCUT2D eigenvalue weighted by Crippen LogP contribution is -2.35. The fraction of sp³-hybridized carbons (Fsp3) is 0.529. The first-order valence-electron chi connectivity index (χ1n) is 7.64. The van der Waals surface area contributed by atoms with Gasteiger partial charge in [0.05, 0.1) is 11.8 Å². The molecule has 2 rings (SSSR count). The van der Waals surface area contributed by atoms with E-state index in [4.69, 9.17) is 5.11 Å². The Morgan fingerprint density at radius 3 is 2.33 bits per heavy atom. The molecule has 4 nitrogen and oxygen atoms in total. The molecule has 2 N–H and O–H groups in total. The molecule has 0 radical (unpaired) electrons. The normalized spacial score (nSPS) is 15.5. The van der Waals surface area contributed by atoms with Gasteiger partial charge in [-0.3, -0.25) is 9.59 Å². The van der Waals surface area contributed by atoms with Crippen molar-refractivity contribution in [3.8, 4) is 0 Å². The first kappa shape index (κ1) is 15.5. The summed E-state index contributed by atoms with van der Waals surface area (Å²) in [6.07, 6.45) is 5.06. The van der Waals surface area contributed by atoms with Crippen LogP contribution >= 0.6 is 0 Å². The summed E-state index contributed by atoms with van der Waals surface area (Å²) >= 11 is 0. The predicted molar refractivity (Wildman–Crippen MR) is 81.1 cm³/mol. The highest BCUT2D eigenvalue weighted by atomic mass is 16.4. The van der Waals surface area contributed by atoms with Crippen molar-refractivity contribution < 1.29 is 14.7 Å². The van der Waals surface area contributed by atoms with E-state index in [1.807, 2.05) is 12.1 Å². The molecule has 1 saturated carbocycles. The number of carboxylic acids is 1. The molecule has 0 aliphatic heterocycles. The minimum Gasteiger partial charge on any atom is -0.481 e. The highest BCUT2D eigenvalue weighted by Crippen LogP contribution is 2.45. The number of rotatable bonds is 8. The number of nitrogens with one attached hydrogen (secondary N) is 1. The van der Waals surface area contributed by atoms with Crippen LogP contribution in [0.4, 0.5) is 0 Å². The Hall–Kier alpha value is -1.84. The smallest absolute Gasteiger partial charge is 0.311 e. The Morgan fingerprint density at radius 1 is 1.19 bits per heavy atom. The number of aryl methyl sites for hydroxylation is 1. The van der Waals surface area contributed by atoms with Gasteiger partial charge in [0.1, 0.15) is 0 Å². The topological polar surface area (TPSA) is 66.4 Å². The molecule has 4 heteroatoms. The molecule has 0 bridgehead atoms. The van der Waals surface area contributed by atoms with Gasteiger partial charge >= 0.3 is 5.97 Å². The van der Waals surface area contributed by atoms with Crippen LogP contribution in [0.5, 0.6) is 0 Å². The van der Waals surface area contributed by atoms with Crippen molar-refractivity contribution in [3.63, 3.8) is 0 Å². The molecule has 0 aromatic heterocycles. The van der Waals surface area contributed by atoms with Gasteiger partial charge in [0.15, 0.2) is 0 Å². The molecule has 0 atom stereocenters. The summed E-state index contributed by atoms with van der Waals surface area (Å²) in [7, 11) is 0. The summed E-state index contributed by atoms with van der Waals surface area (Å²) in [6.45, 7) is 2.41. The van der Waals surface area contributed by atoms with Crippen LogP contribution in [-0.4, -0.2) is 23.5 Å². The first-order chi connectivity index (χ1) is 10.1. The molecule has 1 aromatic carbocycles. The van der Waals surface area contributed by atoms with Crippen LogP contribution in [0.3, 0.4) is 0 Å². The van der Waals surface area contributed by atoms with Gasteiger partial charge in [-0.15, -0.1) is 0 Å². The lowest BCUT2D eigenvalue weighted by Gasteiger charge is -2.11. The molecule has 1 aromatic rings. The number of aliphatic carboxylic acids is 1.